The van der Waals surface area contributed by atoms with Crippen LogP contribution in [0.2, 0.25) is 5.02 Å². The number of aliphatic imine (C=N–C) groups is 1. The molecule has 0 radical (unpaired) electrons. The second kappa shape index (κ2) is 6.72. The van der Waals surface area contributed by atoms with Gasteiger partial charge in [-0.2, -0.15) is 0 Å². The van der Waals surface area contributed by atoms with Gasteiger partial charge in [0.25, 0.3) is 0 Å². The van der Waals surface area contributed by atoms with E-state index in [0.29, 0.717) is 16.6 Å². The van der Waals surface area contributed by atoms with Crippen LogP contribution in [0.3, 0.4) is 0 Å². The van der Waals surface area contributed by atoms with E-state index in [1.165, 1.54) is 5.56 Å². The van der Waals surface area contributed by atoms with E-state index in [1.54, 1.807) is 6.07 Å². The van der Waals surface area contributed by atoms with E-state index >= 15 is 0 Å². The number of alkyl halides is 1. The van der Waals surface area contributed by atoms with Gasteiger partial charge in [-0.15, -0.1) is 0 Å². The first-order valence-electron chi connectivity index (χ1n) is 7.53. The molecule has 2 aromatic rings. The molecule has 0 spiro atoms. The molecule has 4 nitrogen and oxygen atoms in total. The third-order valence-electron chi connectivity index (χ3n) is 3.97. The Kier molecular flexibility index (Phi) is 4.83. The van der Waals surface area contributed by atoms with Gasteiger partial charge < -0.3 is 10.0 Å². The third kappa shape index (κ3) is 3.02. The van der Waals surface area contributed by atoms with E-state index in [1.807, 2.05) is 29.2 Å². The quantitative estimate of drug-likeness (QED) is 0.377. The maximum absolute atomic E-state index is 11.6. The molecule has 0 saturated carbocycles. The van der Waals surface area contributed by atoms with E-state index in [2.05, 4.69) is 53.6 Å². The maximum atomic E-state index is 11.6. The first-order chi connectivity index (χ1) is 11.4. The topological polar surface area (TPSA) is 52.9 Å². The molecule has 124 valence electrons. The molecular weight excluding hydrogens is 439 g/mol. The highest BCUT2D eigenvalue weighted by atomic mass is 127. The zero-order valence-corrected chi connectivity index (χ0v) is 16.1. The summed E-state index contributed by atoms with van der Waals surface area (Å²) >= 11 is 8.35. The van der Waals surface area contributed by atoms with Crippen LogP contribution >= 0.6 is 34.2 Å². The summed E-state index contributed by atoms with van der Waals surface area (Å²) in [5.74, 6) is -0.600. The van der Waals surface area contributed by atoms with Crippen molar-refractivity contribution in [3.05, 3.63) is 53.1 Å². The average Bonchev–Trinajstić information content (AvgIpc) is 2.54. The summed E-state index contributed by atoms with van der Waals surface area (Å²) in [7, 11) is 0. The maximum Gasteiger partial charge on any atom is 0.353 e. The smallest absolute Gasteiger partial charge is 0.353 e. The lowest BCUT2D eigenvalue weighted by atomic mass is 10.0. The molecule has 1 unspecified atom stereocenters. The Morgan fingerprint density at radius 1 is 1.25 bits per heavy atom. The summed E-state index contributed by atoms with van der Waals surface area (Å²) in [4.78, 5) is 17.8. The molecule has 6 heteroatoms. The number of rotatable bonds is 3. The molecular formula is C18H16ClIN2O2. The molecule has 0 aromatic heterocycles. The molecule has 0 aliphatic carbocycles. The van der Waals surface area contributed by atoms with Crippen LogP contribution in [-0.2, 0) is 4.79 Å². The molecule has 0 saturated heterocycles. The zero-order chi connectivity index (χ0) is 17.4. The number of hydrogen-bond donors (Lipinski definition) is 1. The van der Waals surface area contributed by atoms with E-state index in [0.717, 1.165) is 11.4 Å². The Bertz CT molecular complexity index is 818. The Morgan fingerprint density at radius 2 is 1.92 bits per heavy atom. The van der Waals surface area contributed by atoms with Crippen LogP contribution in [0.1, 0.15) is 25.3 Å². The molecule has 0 amide bonds. The summed E-state index contributed by atoms with van der Waals surface area (Å²) in [5.41, 5.74) is 3.53. The van der Waals surface area contributed by atoms with Gasteiger partial charge in [0, 0.05) is 5.69 Å². The normalized spacial score (nSPS) is 16.8. The lowest BCUT2D eigenvalue weighted by Gasteiger charge is -2.34. The van der Waals surface area contributed by atoms with Crippen LogP contribution in [0.5, 0.6) is 0 Å². The molecule has 24 heavy (non-hydrogen) atoms. The van der Waals surface area contributed by atoms with Crippen molar-refractivity contribution >= 4 is 62.9 Å². The number of carbonyl (C=O) groups is 1. The largest absolute Gasteiger partial charge is 0.477 e. The van der Waals surface area contributed by atoms with Crippen molar-refractivity contribution in [1.29, 1.82) is 0 Å². The summed E-state index contributed by atoms with van der Waals surface area (Å²) in [5, 5.41) is 9.94. The molecule has 1 aliphatic heterocycles. The molecule has 3 rings (SSSR count). The van der Waals surface area contributed by atoms with E-state index in [9.17, 15) is 9.90 Å². The standard InChI is InChI=1S/C18H16ClIN2O2/c1-10(2)11-6-8-12(9-7-11)22-14-5-3-4-13(19)15(14)21-16(17(22)20)18(23)24/h3-10,17H,1-2H3,(H,23,24). The van der Waals surface area contributed by atoms with E-state index in [4.69, 9.17) is 11.6 Å². The minimum Gasteiger partial charge on any atom is -0.477 e. The van der Waals surface area contributed by atoms with Crippen LogP contribution in [-0.4, -0.2) is 20.8 Å². The fourth-order valence-corrected chi connectivity index (χ4v) is 3.91. The van der Waals surface area contributed by atoms with Gasteiger partial charge in [-0.05, 0) is 35.7 Å². The number of carboxylic acids is 1. The van der Waals surface area contributed by atoms with Crippen molar-refractivity contribution in [1.82, 2.24) is 0 Å². The average molecular weight is 455 g/mol. The second-order valence-corrected chi connectivity index (χ2v) is 7.45. The summed E-state index contributed by atoms with van der Waals surface area (Å²) in [6.07, 6.45) is 0. The Hall–Kier alpha value is -1.60. The molecule has 1 N–H and O–H groups in total. The lowest BCUT2D eigenvalue weighted by Crippen LogP contribution is -2.39. The van der Waals surface area contributed by atoms with Gasteiger partial charge in [0.2, 0.25) is 0 Å². The monoisotopic (exact) mass is 454 g/mol. The summed E-state index contributed by atoms with van der Waals surface area (Å²) < 4.78 is -0.420. The third-order valence-corrected chi connectivity index (χ3v) is 5.42. The fraction of sp³-hybridized carbons (Fsp3) is 0.222. The van der Waals surface area contributed by atoms with Crippen molar-refractivity contribution in [3.8, 4) is 0 Å². The first kappa shape index (κ1) is 17.2. The van der Waals surface area contributed by atoms with Crippen LogP contribution in [0.25, 0.3) is 0 Å². The van der Waals surface area contributed by atoms with Gasteiger partial charge in [0.15, 0.2) is 5.71 Å². The SMILES string of the molecule is CC(C)c1ccc(N2c3cccc(Cl)c3N=C(C(=O)O)C2I)cc1. The highest BCUT2D eigenvalue weighted by Gasteiger charge is 2.34. The number of fused-ring (bicyclic) bond motifs is 1. The van der Waals surface area contributed by atoms with Gasteiger partial charge in [0.05, 0.1) is 10.7 Å². The predicted octanol–water partition coefficient (Wildman–Crippen LogP) is 5.53. The highest BCUT2D eigenvalue weighted by molar-refractivity contribution is 14.1. The minimum absolute atomic E-state index is 0.0733. The van der Waals surface area contributed by atoms with Crippen LogP contribution < -0.4 is 4.90 Å². The van der Waals surface area contributed by atoms with E-state index in [-0.39, 0.29) is 5.71 Å². The van der Waals surface area contributed by atoms with Gasteiger partial charge in [0.1, 0.15) is 9.74 Å². The Morgan fingerprint density at radius 3 is 2.50 bits per heavy atom. The van der Waals surface area contributed by atoms with Gasteiger partial charge >= 0.3 is 5.97 Å². The highest BCUT2D eigenvalue weighted by Crippen LogP contribution is 2.45. The molecule has 1 atom stereocenters. The molecule has 2 aromatic carbocycles. The van der Waals surface area contributed by atoms with Crippen LogP contribution in [0.4, 0.5) is 17.1 Å². The predicted molar refractivity (Wildman–Crippen MR) is 107 cm³/mol. The van der Waals surface area contributed by atoms with Gasteiger partial charge in [-0.3, -0.25) is 0 Å². The van der Waals surface area contributed by atoms with Crippen molar-refractivity contribution < 1.29 is 9.90 Å². The first-order valence-corrected chi connectivity index (χ1v) is 9.16. The van der Waals surface area contributed by atoms with Crippen LogP contribution in [0.15, 0.2) is 47.5 Å². The fourth-order valence-electron chi connectivity index (χ4n) is 2.67. The Balaban J connectivity index is 2.15. The zero-order valence-electron chi connectivity index (χ0n) is 13.2. The van der Waals surface area contributed by atoms with Crippen molar-refractivity contribution in [2.24, 2.45) is 4.99 Å². The molecule has 0 bridgehead atoms. The number of aliphatic carboxylic acids is 1. The number of nitrogens with zero attached hydrogens (tertiary/aromatic N) is 2. The number of carboxylic acid groups (broad SMARTS) is 1. The molecule has 1 aliphatic rings. The van der Waals surface area contributed by atoms with Crippen molar-refractivity contribution in [2.45, 2.75) is 23.8 Å². The summed E-state index contributed by atoms with van der Waals surface area (Å²) in [6, 6.07) is 13.6. The Labute approximate surface area is 159 Å². The second-order valence-electron chi connectivity index (χ2n) is 5.86. The molecule has 1 heterocycles. The summed E-state index contributed by atoms with van der Waals surface area (Å²) in [6.45, 7) is 4.28. The minimum atomic E-state index is -1.04. The lowest BCUT2D eigenvalue weighted by molar-refractivity contribution is -0.129. The number of para-hydroxylation sites is 1. The van der Waals surface area contributed by atoms with Crippen molar-refractivity contribution in [2.75, 3.05) is 4.90 Å². The van der Waals surface area contributed by atoms with Crippen molar-refractivity contribution in [3.63, 3.8) is 0 Å². The number of halogens is 2. The number of hydrogen-bond acceptors (Lipinski definition) is 3. The number of anilines is 2. The molecule has 0 fully saturated rings. The van der Waals surface area contributed by atoms with Gasteiger partial charge in [-0.25, -0.2) is 9.79 Å². The van der Waals surface area contributed by atoms with Crippen LogP contribution in [0, 0.1) is 0 Å². The van der Waals surface area contributed by atoms with E-state index < -0.39 is 10.0 Å². The van der Waals surface area contributed by atoms with Gasteiger partial charge in [-0.1, -0.05) is 66.2 Å². The number of benzene rings is 2.